The molecule has 1 N–H and O–H groups in total. The molecular weight excluding hydrogens is 478 g/mol. The molecule has 1 spiro atoms. The molecule has 4 aromatic carbocycles. The van der Waals surface area contributed by atoms with Crippen LogP contribution in [-0.2, 0) is 19.9 Å². The van der Waals surface area contributed by atoms with Gasteiger partial charge < -0.3 is 5.32 Å². The summed E-state index contributed by atoms with van der Waals surface area (Å²) >= 11 is 0. The van der Waals surface area contributed by atoms with Gasteiger partial charge in [-0.1, -0.05) is 84.9 Å². The highest BCUT2D eigenvalue weighted by Crippen LogP contribution is 2.58. The molecule has 2 aliphatic rings. The molecular formula is C31H23N3O4. The molecule has 3 unspecified atom stereocenters. The first-order valence-electron chi connectivity index (χ1n) is 12.3. The first kappa shape index (κ1) is 23.4. The summed E-state index contributed by atoms with van der Waals surface area (Å²) in [6.07, 6.45) is 0.413. The molecule has 6 rings (SSSR count). The number of rotatable bonds is 5. The molecule has 0 saturated carbocycles. The molecule has 7 heteroatoms. The molecule has 0 aromatic heterocycles. The molecule has 186 valence electrons. The zero-order valence-electron chi connectivity index (χ0n) is 20.2. The smallest absolute Gasteiger partial charge is 0.263 e. The van der Waals surface area contributed by atoms with Crippen LogP contribution in [0.4, 0.5) is 11.4 Å². The lowest BCUT2D eigenvalue weighted by atomic mass is 9.74. The van der Waals surface area contributed by atoms with Crippen molar-refractivity contribution in [1.82, 2.24) is 10.2 Å². The second-order valence-electron chi connectivity index (χ2n) is 9.28. The lowest BCUT2D eigenvalue weighted by Crippen LogP contribution is -2.52. The third-order valence-electron chi connectivity index (χ3n) is 7.35. The molecule has 1 fully saturated rings. The van der Waals surface area contributed by atoms with Gasteiger partial charge >= 0.3 is 0 Å². The Hall–Kier alpha value is -5.04. The van der Waals surface area contributed by atoms with E-state index in [2.05, 4.69) is 5.32 Å². The SMILES string of the molecule is O=CN1C(=O)C(NC(=O)c2ccccc2)C(c2ccccc2)C12C(=O)N(c1ccccc1)c1ccccc12. The van der Waals surface area contributed by atoms with E-state index in [0.717, 1.165) is 4.90 Å². The predicted molar refractivity (Wildman–Crippen MR) is 141 cm³/mol. The van der Waals surface area contributed by atoms with Crippen LogP contribution in [0.1, 0.15) is 27.4 Å². The zero-order chi connectivity index (χ0) is 26.3. The van der Waals surface area contributed by atoms with Gasteiger partial charge in [-0.3, -0.25) is 29.0 Å². The fraction of sp³-hybridized carbons (Fsp3) is 0.0968. The van der Waals surface area contributed by atoms with E-state index in [1.165, 1.54) is 0 Å². The number of fused-ring (bicyclic) bond motifs is 2. The van der Waals surface area contributed by atoms with Crippen molar-refractivity contribution in [2.75, 3.05) is 4.90 Å². The van der Waals surface area contributed by atoms with Crippen LogP contribution in [0.15, 0.2) is 115 Å². The number of benzene rings is 4. The van der Waals surface area contributed by atoms with Gasteiger partial charge in [0.05, 0.1) is 11.6 Å². The number of hydrogen-bond donors (Lipinski definition) is 1. The monoisotopic (exact) mass is 501 g/mol. The Morgan fingerprint density at radius 2 is 1.34 bits per heavy atom. The third kappa shape index (κ3) is 3.29. The molecule has 0 aliphatic carbocycles. The number of likely N-dealkylation sites (tertiary alicyclic amines) is 1. The van der Waals surface area contributed by atoms with Crippen LogP contribution in [0.3, 0.4) is 0 Å². The van der Waals surface area contributed by atoms with Gasteiger partial charge in [0, 0.05) is 16.8 Å². The van der Waals surface area contributed by atoms with E-state index in [1.54, 1.807) is 53.4 Å². The lowest BCUT2D eigenvalue weighted by molar-refractivity contribution is -0.146. The topological polar surface area (TPSA) is 86.8 Å². The Morgan fingerprint density at radius 3 is 2.00 bits per heavy atom. The first-order valence-corrected chi connectivity index (χ1v) is 12.3. The van der Waals surface area contributed by atoms with Crippen LogP contribution < -0.4 is 10.2 Å². The van der Waals surface area contributed by atoms with Crippen LogP contribution in [0.5, 0.6) is 0 Å². The van der Waals surface area contributed by atoms with E-state index in [9.17, 15) is 19.2 Å². The zero-order valence-corrected chi connectivity index (χ0v) is 20.2. The Morgan fingerprint density at radius 1 is 0.763 bits per heavy atom. The summed E-state index contributed by atoms with van der Waals surface area (Å²) in [4.78, 5) is 57.1. The molecule has 0 bridgehead atoms. The maximum absolute atomic E-state index is 14.6. The molecule has 7 nitrogen and oxygen atoms in total. The van der Waals surface area contributed by atoms with Crippen LogP contribution in [0.25, 0.3) is 0 Å². The molecule has 1 saturated heterocycles. The predicted octanol–water partition coefficient (Wildman–Crippen LogP) is 4.14. The maximum Gasteiger partial charge on any atom is 0.263 e. The van der Waals surface area contributed by atoms with Crippen molar-refractivity contribution >= 4 is 35.5 Å². The fourth-order valence-electron chi connectivity index (χ4n) is 5.80. The Labute approximate surface area is 219 Å². The van der Waals surface area contributed by atoms with Crippen molar-refractivity contribution in [3.05, 3.63) is 132 Å². The molecule has 3 atom stereocenters. The van der Waals surface area contributed by atoms with Gasteiger partial charge in [0.2, 0.25) is 6.41 Å². The van der Waals surface area contributed by atoms with E-state index in [4.69, 9.17) is 0 Å². The van der Waals surface area contributed by atoms with Crippen molar-refractivity contribution < 1.29 is 19.2 Å². The van der Waals surface area contributed by atoms with Gasteiger partial charge in [-0.05, 0) is 35.9 Å². The number of nitrogens with one attached hydrogen (secondary N) is 1. The van der Waals surface area contributed by atoms with E-state index in [-0.39, 0.29) is 0 Å². The molecule has 2 heterocycles. The average molecular weight is 502 g/mol. The number of imide groups is 1. The summed E-state index contributed by atoms with van der Waals surface area (Å²) in [5.74, 6) is -2.42. The van der Waals surface area contributed by atoms with Crippen molar-refractivity contribution in [3.8, 4) is 0 Å². The van der Waals surface area contributed by atoms with Crippen molar-refractivity contribution in [3.63, 3.8) is 0 Å². The van der Waals surface area contributed by atoms with Gasteiger partial charge in [-0.25, -0.2) is 0 Å². The summed E-state index contributed by atoms with van der Waals surface area (Å²) < 4.78 is 0. The van der Waals surface area contributed by atoms with Crippen molar-refractivity contribution in [2.45, 2.75) is 17.5 Å². The molecule has 2 aliphatic heterocycles. The normalized spacial score (nSPS) is 22.0. The molecule has 38 heavy (non-hydrogen) atoms. The molecule has 4 aromatic rings. The standard InChI is InChI=1S/C31H23N3O4/c35-20-33-29(37)27(32-28(36)22-14-6-2-7-15-22)26(21-12-4-1-5-13-21)31(33)24-18-10-11-19-25(24)34(30(31)38)23-16-8-3-9-17-23/h1-20,26-27H,(H,32,36). The van der Waals surface area contributed by atoms with Gasteiger partial charge in [0.15, 0.2) is 5.54 Å². The number of para-hydroxylation sites is 2. The highest BCUT2D eigenvalue weighted by molar-refractivity contribution is 6.18. The van der Waals surface area contributed by atoms with Crippen LogP contribution in [0, 0.1) is 0 Å². The van der Waals surface area contributed by atoms with Crippen LogP contribution in [-0.4, -0.2) is 35.1 Å². The number of anilines is 2. The summed E-state index contributed by atoms with van der Waals surface area (Å²) in [6, 6.07) is 32.8. The third-order valence-corrected chi connectivity index (χ3v) is 7.35. The van der Waals surface area contributed by atoms with Gasteiger partial charge in [0.25, 0.3) is 17.7 Å². The van der Waals surface area contributed by atoms with Crippen LogP contribution >= 0.6 is 0 Å². The summed E-state index contributed by atoms with van der Waals surface area (Å²) in [7, 11) is 0. The van der Waals surface area contributed by atoms with Crippen molar-refractivity contribution in [1.29, 1.82) is 0 Å². The Balaban J connectivity index is 1.58. The fourth-order valence-corrected chi connectivity index (χ4v) is 5.80. The highest BCUT2D eigenvalue weighted by Gasteiger charge is 2.69. The summed E-state index contributed by atoms with van der Waals surface area (Å²) in [6.45, 7) is 0. The van der Waals surface area contributed by atoms with E-state index < -0.39 is 35.2 Å². The average Bonchev–Trinajstić information content (AvgIpc) is 3.37. The van der Waals surface area contributed by atoms with E-state index in [1.807, 2.05) is 66.7 Å². The molecule has 0 radical (unpaired) electrons. The number of nitrogens with zero attached hydrogens (tertiary/aromatic N) is 2. The molecule has 4 amide bonds. The minimum atomic E-state index is -1.69. The summed E-state index contributed by atoms with van der Waals surface area (Å²) in [5.41, 5.74) is 1.06. The largest absolute Gasteiger partial charge is 0.339 e. The number of carbonyl (C=O) groups excluding carboxylic acids is 4. The van der Waals surface area contributed by atoms with E-state index in [0.29, 0.717) is 34.5 Å². The van der Waals surface area contributed by atoms with E-state index >= 15 is 0 Å². The van der Waals surface area contributed by atoms with Gasteiger partial charge in [0.1, 0.15) is 6.04 Å². The Kier molecular flexibility index (Phi) is 5.61. The first-order chi connectivity index (χ1) is 18.6. The number of carbonyl (C=O) groups is 4. The van der Waals surface area contributed by atoms with Gasteiger partial charge in [-0.2, -0.15) is 0 Å². The summed E-state index contributed by atoms with van der Waals surface area (Å²) in [5, 5.41) is 2.86. The minimum Gasteiger partial charge on any atom is -0.339 e. The van der Waals surface area contributed by atoms with Crippen molar-refractivity contribution in [2.24, 2.45) is 0 Å². The number of amides is 4. The van der Waals surface area contributed by atoms with Crippen LogP contribution in [0.2, 0.25) is 0 Å². The second kappa shape index (κ2) is 9.12. The van der Waals surface area contributed by atoms with Gasteiger partial charge in [-0.15, -0.1) is 0 Å². The number of hydrogen-bond acceptors (Lipinski definition) is 4. The minimum absolute atomic E-state index is 0.370. The Bertz CT molecular complexity index is 1540. The lowest BCUT2D eigenvalue weighted by Gasteiger charge is -2.35. The quantitative estimate of drug-likeness (QED) is 0.417. The highest BCUT2D eigenvalue weighted by atomic mass is 16.2. The second-order valence-corrected chi connectivity index (χ2v) is 9.28. The maximum atomic E-state index is 14.6.